The first-order valence-electron chi connectivity index (χ1n) is 4.53. The van der Waals surface area contributed by atoms with Crippen LogP contribution in [-0.4, -0.2) is 11.6 Å². The van der Waals surface area contributed by atoms with E-state index in [1.165, 1.54) is 6.42 Å². The largest absolute Gasteiger partial charge is 0.326 e. The lowest BCUT2D eigenvalue weighted by molar-refractivity contribution is 0.209. The zero-order valence-corrected chi connectivity index (χ0v) is 7.43. The van der Waals surface area contributed by atoms with Crippen LogP contribution in [0.25, 0.3) is 0 Å². The zero-order valence-electron chi connectivity index (χ0n) is 7.43. The smallest absolute Gasteiger partial charge is 0.0362 e. The second-order valence-electron chi connectivity index (χ2n) is 4.84. The number of nitrogens with two attached hydrogens (primary N) is 2. The number of hydrogen-bond donors (Lipinski definition) is 2. The van der Waals surface area contributed by atoms with E-state index in [9.17, 15) is 0 Å². The molecule has 4 N–H and O–H groups in total. The molecule has 3 unspecified atom stereocenters. The molecule has 3 atom stereocenters. The van der Waals surface area contributed by atoms with Crippen molar-refractivity contribution in [1.82, 2.24) is 0 Å². The van der Waals surface area contributed by atoms with Crippen LogP contribution in [0.1, 0.15) is 33.1 Å². The molecule has 2 nitrogen and oxygen atoms in total. The molecule has 0 saturated heterocycles. The first kappa shape index (κ1) is 7.56. The Morgan fingerprint density at radius 1 is 1.36 bits per heavy atom. The highest BCUT2D eigenvalue weighted by atomic mass is 14.9. The second-order valence-corrected chi connectivity index (χ2v) is 4.84. The van der Waals surface area contributed by atoms with Crippen molar-refractivity contribution in [2.45, 2.75) is 44.7 Å². The monoisotopic (exact) mass is 154 g/mol. The van der Waals surface area contributed by atoms with Crippen LogP contribution in [0, 0.1) is 11.3 Å². The number of rotatable bonds is 0. The van der Waals surface area contributed by atoms with Crippen LogP contribution in [0.3, 0.4) is 0 Å². The lowest BCUT2D eigenvalue weighted by atomic mass is 9.76. The molecule has 0 aromatic heterocycles. The first-order valence-corrected chi connectivity index (χ1v) is 4.53. The van der Waals surface area contributed by atoms with Crippen molar-refractivity contribution in [1.29, 1.82) is 0 Å². The molecular weight excluding hydrogens is 136 g/mol. The van der Waals surface area contributed by atoms with Gasteiger partial charge in [-0.2, -0.15) is 0 Å². The lowest BCUT2D eigenvalue weighted by Gasteiger charge is -2.37. The van der Waals surface area contributed by atoms with Gasteiger partial charge in [-0.25, -0.2) is 0 Å². The van der Waals surface area contributed by atoms with Crippen molar-refractivity contribution < 1.29 is 0 Å². The molecule has 11 heavy (non-hydrogen) atoms. The van der Waals surface area contributed by atoms with E-state index in [1.807, 2.05) is 0 Å². The molecule has 64 valence electrons. The van der Waals surface area contributed by atoms with Gasteiger partial charge in [0.2, 0.25) is 0 Å². The Labute approximate surface area is 68.3 Å². The van der Waals surface area contributed by atoms with Gasteiger partial charge in [-0.05, 0) is 30.6 Å². The Balaban J connectivity index is 2.40. The van der Waals surface area contributed by atoms with Crippen LogP contribution >= 0.6 is 0 Å². The van der Waals surface area contributed by atoms with E-state index in [2.05, 4.69) is 13.8 Å². The molecule has 2 aliphatic rings. The van der Waals surface area contributed by atoms with Gasteiger partial charge in [-0.3, -0.25) is 0 Å². The maximum atomic E-state index is 6.30. The summed E-state index contributed by atoms with van der Waals surface area (Å²) in [6.07, 6.45) is 3.56. The quantitative estimate of drug-likeness (QED) is 0.543. The van der Waals surface area contributed by atoms with E-state index in [0.717, 1.165) is 18.8 Å². The Bertz CT molecular complexity index is 188. The van der Waals surface area contributed by atoms with Crippen LogP contribution in [0.15, 0.2) is 0 Å². The summed E-state index contributed by atoms with van der Waals surface area (Å²) in [5.41, 5.74) is 12.5. The highest BCUT2D eigenvalue weighted by Gasteiger charge is 2.60. The number of hydrogen-bond acceptors (Lipinski definition) is 2. The average molecular weight is 154 g/mol. The summed E-state index contributed by atoms with van der Waals surface area (Å²) < 4.78 is 0. The first-order chi connectivity index (χ1) is 4.98. The average Bonchev–Trinajstić information content (AvgIpc) is 2.20. The van der Waals surface area contributed by atoms with Gasteiger partial charge in [0.15, 0.2) is 0 Å². The van der Waals surface area contributed by atoms with Crippen LogP contribution in [0.5, 0.6) is 0 Å². The molecule has 0 amide bonds. The summed E-state index contributed by atoms with van der Waals surface area (Å²) in [4.78, 5) is 0. The lowest BCUT2D eigenvalue weighted by Crippen LogP contribution is -2.57. The number of fused-ring (bicyclic) bond motifs is 2. The van der Waals surface area contributed by atoms with Crippen molar-refractivity contribution in [2.24, 2.45) is 22.8 Å². The van der Waals surface area contributed by atoms with E-state index in [1.54, 1.807) is 0 Å². The van der Waals surface area contributed by atoms with Crippen molar-refractivity contribution in [3.63, 3.8) is 0 Å². The summed E-state index contributed by atoms with van der Waals surface area (Å²) in [5.74, 6) is 0.780. The summed E-state index contributed by atoms with van der Waals surface area (Å²) in [6.45, 7) is 4.55. The van der Waals surface area contributed by atoms with Crippen LogP contribution in [-0.2, 0) is 0 Å². The fourth-order valence-electron chi connectivity index (χ4n) is 3.07. The fourth-order valence-corrected chi connectivity index (χ4v) is 3.07. The molecule has 0 aromatic rings. The van der Waals surface area contributed by atoms with E-state index in [-0.39, 0.29) is 17.0 Å². The minimum Gasteiger partial charge on any atom is -0.326 e. The zero-order chi connectivity index (χ0) is 8.28. The molecule has 0 radical (unpaired) electrons. The maximum Gasteiger partial charge on any atom is 0.0362 e. The topological polar surface area (TPSA) is 52.0 Å². The van der Waals surface area contributed by atoms with Crippen LogP contribution < -0.4 is 11.5 Å². The van der Waals surface area contributed by atoms with Crippen LogP contribution in [0.2, 0.25) is 0 Å². The minimum atomic E-state index is -0.0579. The molecule has 0 spiro atoms. The molecule has 2 rings (SSSR count). The molecule has 0 aromatic carbocycles. The molecule has 2 fully saturated rings. The summed E-state index contributed by atoms with van der Waals surface area (Å²) in [6, 6.07) is 0.247. The van der Waals surface area contributed by atoms with E-state index in [0.29, 0.717) is 0 Å². The molecule has 0 heterocycles. The van der Waals surface area contributed by atoms with Gasteiger partial charge < -0.3 is 11.5 Å². The van der Waals surface area contributed by atoms with E-state index >= 15 is 0 Å². The van der Waals surface area contributed by atoms with Crippen molar-refractivity contribution in [3.05, 3.63) is 0 Å². The minimum absolute atomic E-state index is 0.0579. The molecule has 2 heteroatoms. The maximum absolute atomic E-state index is 6.30. The van der Waals surface area contributed by atoms with Gasteiger partial charge in [0, 0.05) is 11.6 Å². The molecule has 2 bridgehead atoms. The van der Waals surface area contributed by atoms with Gasteiger partial charge in [-0.15, -0.1) is 0 Å². The molecule has 0 aliphatic heterocycles. The third kappa shape index (κ3) is 0.651. The van der Waals surface area contributed by atoms with Crippen molar-refractivity contribution in [2.75, 3.05) is 0 Å². The SMILES string of the molecule is CC1(C)C2CCC1(N)C(N)C2. The summed E-state index contributed by atoms with van der Waals surface area (Å²) in [7, 11) is 0. The van der Waals surface area contributed by atoms with Gasteiger partial charge in [-0.1, -0.05) is 13.8 Å². The Morgan fingerprint density at radius 3 is 2.18 bits per heavy atom. The fraction of sp³-hybridized carbons (Fsp3) is 1.00. The molecular formula is C9H18N2. The van der Waals surface area contributed by atoms with Gasteiger partial charge in [0.1, 0.15) is 0 Å². The molecule has 2 aliphatic carbocycles. The summed E-state index contributed by atoms with van der Waals surface area (Å²) in [5, 5.41) is 0. The van der Waals surface area contributed by atoms with Crippen molar-refractivity contribution >= 4 is 0 Å². The van der Waals surface area contributed by atoms with Gasteiger partial charge in [0.25, 0.3) is 0 Å². The van der Waals surface area contributed by atoms with Gasteiger partial charge >= 0.3 is 0 Å². The highest BCUT2D eigenvalue weighted by molar-refractivity contribution is 5.18. The summed E-state index contributed by atoms with van der Waals surface area (Å²) >= 11 is 0. The second kappa shape index (κ2) is 1.80. The Kier molecular flexibility index (Phi) is 1.24. The van der Waals surface area contributed by atoms with E-state index in [4.69, 9.17) is 11.5 Å². The van der Waals surface area contributed by atoms with Gasteiger partial charge in [0.05, 0.1) is 0 Å². The third-order valence-electron chi connectivity index (χ3n) is 4.33. The van der Waals surface area contributed by atoms with Crippen molar-refractivity contribution in [3.8, 4) is 0 Å². The third-order valence-corrected chi connectivity index (χ3v) is 4.33. The van der Waals surface area contributed by atoms with Crippen LogP contribution in [0.4, 0.5) is 0 Å². The Morgan fingerprint density at radius 2 is 2.00 bits per heavy atom. The normalized spacial score (nSPS) is 53.5. The Hall–Kier alpha value is -0.0800. The standard InChI is InChI=1S/C9H18N2/c1-8(2)6-3-4-9(8,11)7(10)5-6/h6-7H,3-5,10-11H2,1-2H3. The predicted molar refractivity (Wildman–Crippen MR) is 46.0 cm³/mol. The van der Waals surface area contributed by atoms with E-state index < -0.39 is 0 Å². The highest BCUT2D eigenvalue weighted by Crippen LogP contribution is 2.58. The molecule has 2 saturated carbocycles. The predicted octanol–water partition coefficient (Wildman–Crippen LogP) is 0.851.